The molecule has 0 fully saturated rings. The summed E-state index contributed by atoms with van der Waals surface area (Å²) in [5.41, 5.74) is 2.70. The zero-order valence-electron chi connectivity index (χ0n) is 19.4. The number of hydrogen-bond donors (Lipinski definition) is 1. The molecule has 35 heavy (non-hydrogen) atoms. The van der Waals surface area contributed by atoms with Crippen molar-refractivity contribution in [2.45, 2.75) is 32.9 Å². The molecule has 0 aliphatic heterocycles. The number of carbonyl (C=O) groups excluding carboxylic acids is 1. The van der Waals surface area contributed by atoms with Gasteiger partial charge < -0.3 is 18.9 Å². The summed E-state index contributed by atoms with van der Waals surface area (Å²) in [4.78, 5) is 30.1. The Kier molecular flexibility index (Phi) is 6.34. The van der Waals surface area contributed by atoms with Crippen molar-refractivity contribution in [1.82, 2.24) is 19.3 Å². The lowest BCUT2D eigenvalue weighted by Gasteiger charge is -2.10. The van der Waals surface area contributed by atoms with E-state index in [9.17, 15) is 9.59 Å². The topological polar surface area (TPSA) is 90.8 Å². The summed E-state index contributed by atoms with van der Waals surface area (Å²) in [6.07, 6.45) is 5.60. The number of ether oxygens (including phenoxy) is 1. The molecule has 178 valence electrons. The monoisotopic (exact) mass is 470 g/mol. The molecule has 0 saturated heterocycles. The Hall–Kier alpha value is -4.33. The number of benzene rings is 1. The Bertz CT molecular complexity index is 1530. The van der Waals surface area contributed by atoms with Crippen molar-refractivity contribution >= 4 is 22.6 Å². The Balaban J connectivity index is 1.27. The fourth-order valence-corrected chi connectivity index (χ4v) is 3.98. The molecule has 0 aliphatic carbocycles. The SMILES string of the molecule is CCCCOc1ccc(CNC(=O)c2ccc(Cn3c(=O)c4cccn4c4cccnc43)o2)cc1. The van der Waals surface area contributed by atoms with Gasteiger partial charge in [0.2, 0.25) is 0 Å². The van der Waals surface area contributed by atoms with E-state index in [-0.39, 0.29) is 23.8 Å². The molecule has 1 aromatic carbocycles. The lowest BCUT2D eigenvalue weighted by molar-refractivity contribution is 0.0921. The lowest BCUT2D eigenvalue weighted by Crippen LogP contribution is -2.24. The Morgan fingerprint density at radius 1 is 1.06 bits per heavy atom. The second kappa shape index (κ2) is 9.89. The molecule has 0 saturated carbocycles. The van der Waals surface area contributed by atoms with Gasteiger partial charge in [0.25, 0.3) is 11.5 Å². The van der Waals surface area contributed by atoms with Crippen LogP contribution < -0.4 is 15.6 Å². The van der Waals surface area contributed by atoms with E-state index >= 15 is 0 Å². The fourth-order valence-electron chi connectivity index (χ4n) is 3.98. The van der Waals surface area contributed by atoms with E-state index in [1.54, 1.807) is 29.0 Å². The first-order valence-corrected chi connectivity index (χ1v) is 11.7. The van der Waals surface area contributed by atoms with Crippen LogP contribution in [0.5, 0.6) is 5.75 Å². The summed E-state index contributed by atoms with van der Waals surface area (Å²) in [6, 6.07) is 18.3. The maximum Gasteiger partial charge on any atom is 0.287 e. The summed E-state index contributed by atoms with van der Waals surface area (Å²) in [5, 5.41) is 2.87. The molecule has 8 heteroatoms. The first kappa shape index (κ1) is 22.5. The number of nitrogens with one attached hydrogen (secondary N) is 1. The molecule has 0 atom stereocenters. The normalized spacial score (nSPS) is 11.2. The van der Waals surface area contributed by atoms with Crippen molar-refractivity contribution in [2.75, 3.05) is 6.61 Å². The summed E-state index contributed by atoms with van der Waals surface area (Å²) < 4.78 is 14.8. The second-order valence-corrected chi connectivity index (χ2v) is 8.30. The van der Waals surface area contributed by atoms with Crippen LogP contribution >= 0.6 is 0 Å². The molecule has 0 unspecified atom stereocenters. The van der Waals surface area contributed by atoms with Gasteiger partial charge in [-0.2, -0.15) is 0 Å². The van der Waals surface area contributed by atoms with Crippen LogP contribution in [0.15, 0.2) is 82.3 Å². The molecule has 0 aliphatic rings. The smallest absolute Gasteiger partial charge is 0.287 e. The summed E-state index contributed by atoms with van der Waals surface area (Å²) in [7, 11) is 0. The minimum Gasteiger partial charge on any atom is -0.494 e. The van der Waals surface area contributed by atoms with Crippen LogP contribution in [0.3, 0.4) is 0 Å². The quantitative estimate of drug-likeness (QED) is 0.323. The van der Waals surface area contributed by atoms with Gasteiger partial charge in [-0.25, -0.2) is 4.98 Å². The maximum absolute atomic E-state index is 13.1. The number of pyridine rings is 1. The minimum atomic E-state index is -0.322. The van der Waals surface area contributed by atoms with Crippen molar-refractivity contribution < 1.29 is 13.9 Å². The third-order valence-corrected chi connectivity index (χ3v) is 5.84. The molecular formula is C27H26N4O4. The van der Waals surface area contributed by atoms with Gasteiger partial charge in [-0.3, -0.25) is 14.2 Å². The molecule has 5 aromatic rings. The average Bonchev–Trinajstić information content (AvgIpc) is 3.56. The number of furan rings is 1. The number of amides is 1. The van der Waals surface area contributed by atoms with Crippen LogP contribution in [0.4, 0.5) is 0 Å². The van der Waals surface area contributed by atoms with E-state index < -0.39 is 0 Å². The van der Waals surface area contributed by atoms with Gasteiger partial charge in [-0.15, -0.1) is 0 Å². The predicted molar refractivity (Wildman–Crippen MR) is 133 cm³/mol. The highest BCUT2D eigenvalue weighted by atomic mass is 16.5. The van der Waals surface area contributed by atoms with Crippen LogP contribution in [-0.2, 0) is 13.1 Å². The number of aromatic nitrogens is 3. The van der Waals surface area contributed by atoms with Gasteiger partial charge in [0.1, 0.15) is 17.0 Å². The Morgan fingerprint density at radius 2 is 1.89 bits per heavy atom. The van der Waals surface area contributed by atoms with Crippen molar-refractivity contribution in [3.8, 4) is 5.75 Å². The van der Waals surface area contributed by atoms with Gasteiger partial charge in [0.15, 0.2) is 11.4 Å². The number of fused-ring (bicyclic) bond motifs is 3. The van der Waals surface area contributed by atoms with Gasteiger partial charge >= 0.3 is 0 Å². The van der Waals surface area contributed by atoms with Crippen molar-refractivity contribution in [3.63, 3.8) is 0 Å². The predicted octanol–water partition coefficient (Wildman–Crippen LogP) is 4.40. The van der Waals surface area contributed by atoms with E-state index in [2.05, 4.69) is 17.2 Å². The third-order valence-electron chi connectivity index (χ3n) is 5.84. The van der Waals surface area contributed by atoms with Crippen LogP contribution in [0, 0.1) is 0 Å². The van der Waals surface area contributed by atoms with Crippen LogP contribution in [0.25, 0.3) is 16.7 Å². The maximum atomic E-state index is 13.1. The van der Waals surface area contributed by atoms with E-state index in [4.69, 9.17) is 9.15 Å². The zero-order valence-corrected chi connectivity index (χ0v) is 19.4. The van der Waals surface area contributed by atoms with Gasteiger partial charge in [0.05, 0.1) is 18.7 Å². The van der Waals surface area contributed by atoms with E-state index in [1.807, 2.05) is 53.1 Å². The van der Waals surface area contributed by atoms with Crippen molar-refractivity contribution in [3.05, 3.63) is 100 Å². The molecule has 4 heterocycles. The second-order valence-electron chi connectivity index (χ2n) is 8.30. The molecule has 5 rings (SSSR count). The average molecular weight is 471 g/mol. The number of rotatable bonds is 9. The fraction of sp³-hybridized carbons (Fsp3) is 0.222. The Labute approximate surface area is 201 Å². The van der Waals surface area contributed by atoms with Gasteiger partial charge in [-0.05, 0) is 60.5 Å². The van der Waals surface area contributed by atoms with E-state index in [1.165, 1.54) is 0 Å². The largest absolute Gasteiger partial charge is 0.494 e. The molecule has 1 N–H and O–H groups in total. The first-order valence-electron chi connectivity index (χ1n) is 11.7. The van der Waals surface area contributed by atoms with Gasteiger partial charge in [0, 0.05) is 18.9 Å². The summed E-state index contributed by atoms with van der Waals surface area (Å²) in [6.45, 7) is 3.35. The number of carbonyl (C=O) groups is 1. The van der Waals surface area contributed by atoms with Gasteiger partial charge in [-0.1, -0.05) is 25.5 Å². The molecule has 8 nitrogen and oxygen atoms in total. The molecule has 0 bridgehead atoms. The van der Waals surface area contributed by atoms with E-state index in [0.717, 1.165) is 29.7 Å². The Morgan fingerprint density at radius 3 is 2.71 bits per heavy atom. The first-order chi connectivity index (χ1) is 17.1. The molecule has 4 aromatic heterocycles. The number of unbranched alkanes of at least 4 members (excludes halogenated alkanes) is 1. The van der Waals surface area contributed by atoms with Crippen LogP contribution in [-0.4, -0.2) is 26.5 Å². The number of hydrogen-bond acceptors (Lipinski definition) is 5. The summed E-state index contributed by atoms with van der Waals surface area (Å²) in [5.74, 6) is 1.18. The van der Waals surface area contributed by atoms with Crippen LogP contribution in [0.2, 0.25) is 0 Å². The molecule has 1 amide bonds. The lowest BCUT2D eigenvalue weighted by atomic mass is 10.2. The van der Waals surface area contributed by atoms with E-state index in [0.29, 0.717) is 30.1 Å². The van der Waals surface area contributed by atoms with Crippen molar-refractivity contribution in [1.29, 1.82) is 0 Å². The highest BCUT2D eigenvalue weighted by Gasteiger charge is 2.15. The third kappa shape index (κ3) is 4.68. The molecular weight excluding hydrogens is 444 g/mol. The standard InChI is InChI=1S/C27H26N4O4/c1-2-3-16-34-20-10-8-19(9-11-20)17-29-26(32)24-13-12-21(35-24)18-31-25-22(6-4-14-28-25)30-15-5-7-23(30)27(31)33/h4-15H,2-3,16-18H2,1H3,(H,29,32). The highest BCUT2D eigenvalue weighted by Crippen LogP contribution is 2.16. The molecule has 0 radical (unpaired) electrons. The zero-order chi connectivity index (χ0) is 24.2. The van der Waals surface area contributed by atoms with Crippen molar-refractivity contribution in [2.24, 2.45) is 0 Å². The number of nitrogens with zero attached hydrogens (tertiary/aromatic N) is 3. The minimum absolute atomic E-state index is 0.167. The van der Waals surface area contributed by atoms with Crippen LogP contribution in [0.1, 0.15) is 41.6 Å². The molecule has 0 spiro atoms. The highest BCUT2D eigenvalue weighted by molar-refractivity contribution is 5.91. The summed E-state index contributed by atoms with van der Waals surface area (Å²) >= 11 is 0.